The average Bonchev–Trinajstić information content (AvgIpc) is 2.28. The molecule has 0 aromatic rings. The van der Waals surface area contributed by atoms with Gasteiger partial charge in [-0.25, -0.2) is 4.79 Å². The van der Waals surface area contributed by atoms with Crippen LogP contribution in [0.3, 0.4) is 0 Å². The quantitative estimate of drug-likeness (QED) is 0.527. The topological polar surface area (TPSA) is 83.9 Å². The minimum absolute atomic E-state index is 0.163. The summed E-state index contributed by atoms with van der Waals surface area (Å²) in [6.07, 6.45) is 0.779. The van der Waals surface area contributed by atoms with Crippen molar-refractivity contribution in [2.24, 2.45) is 5.92 Å². The Labute approximate surface area is 93.2 Å². The molecular weight excluding hydrogens is 214 g/mol. The Morgan fingerprint density at radius 3 is 2.31 bits per heavy atom. The molecule has 0 atom stereocenters. The van der Waals surface area contributed by atoms with Gasteiger partial charge in [-0.1, -0.05) is 0 Å². The van der Waals surface area contributed by atoms with Gasteiger partial charge >= 0.3 is 17.8 Å². The molecule has 0 spiro atoms. The Morgan fingerprint density at radius 1 is 1.31 bits per heavy atom. The number of aliphatic carboxylic acids is 1. The van der Waals surface area contributed by atoms with Crippen LogP contribution in [0.15, 0.2) is 0 Å². The van der Waals surface area contributed by atoms with Gasteiger partial charge in [0.15, 0.2) is 0 Å². The Kier molecular flexibility index (Phi) is 4.28. The summed E-state index contributed by atoms with van der Waals surface area (Å²) in [5.74, 6) is -2.79. The average molecular weight is 229 g/mol. The second kappa shape index (κ2) is 5.48. The van der Waals surface area contributed by atoms with Crippen LogP contribution in [0.25, 0.3) is 0 Å². The van der Waals surface area contributed by atoms with Gasteiger partial charge in [-0.3, -0.25) is 9.59 Å². The van der Waals surface area contributed by atoms with Crippen LogP contribution in [0.2, 0.25) is 0 Å². The summed E-state index contributed by atoms with van der Waals surface area (Å²) < 4.78 is 4.58. The molecule has 0 aromatic carbocycles. The Balaban J connectivity index is 2.44. The van der Waals surface area contributed by atoms with E-state index in [1.807, 2.05) is 0 Å². The number of carboxylic acid groups (broad SMARTS) is 1. The van der Waals surface area contributed by atoms with Crippen molar-refractivity contribution in [2.75, 3.05) is 19.7 Å². The summed E-state index contributed by atoms with van der Waals surface area (Å²) in [5.41, 5.74) is 0. The normalized spacial score (nSPS) is 16.9. The van der Waals surface area contributed by atoms with E-state index < -0.39 is 23.8 Å². The summed E-state index contributed by atoms with van der Waals surface area (Å²) >= 11 is 0. The summed E-state index contributed by atoms with van der Waals surface area (Å²) in [7, 11) is 0. The first-order valence-electron chi connectivity index (χ1n) is 5.25. The van der Waals surface area contributed by atoms with Gasteiger partial charge in [0.2, 0.25) is 0 Å². The van der Waals surface area contributed by atoms with E-state index in [0.29, 0.717) is 25.9 Å². The summed E-state index contributed by atoms with van der Waals surface area (Å²) in [4.78, 5) is 34.6. The van der Waals surface area contributed by atoms with Crippen molar-refractivity contribution in [3.63, 3.8) is 0 Å². The fourth-order valence-electron chi connectivity index (χ4n) is 1.65. The van der Waals surface area contributed by atoms with E-state index in [9.17, 15) is 14.4 Å². The number of carboxylic acids is 1. The predicted octanol–water partition coefficient (Wildman–Crippen LogP) is -0.127. The van der Waals surface area contributed by atoms with Crippen molar-refractivity contribution >= 4 is 17.8 Å². The minimum Gasteiger partial charge on any atom is -0.481 e. The SMILES string of the molecule is CCOC(=O)C(=O)N1CCC(C(=O)O)CC1. The van der Waals surface area contributed by atoms with Crippen LogP contribution in [0.1, 0.15) is 19.8 Å². The first kappa shape index (κ1) is 12.5. The van der Waals surface area contributed by atoms with E-state index in [2.05, 4.69) is 4.74 Å². The summed E-state index contributed by atoms with van der Waals surface area (Å²) in [6.45, 7) is 2.39. The zero-order chi connectivity index (χ0) is 12.1. The molecule has 1 rings (SSSR count). The molecule has 1 saturated heterocycles. The molecule has 0 aliphatic carbocycles. The second-order valence-corrected chi connectivity index (χ2v) is 3.63. The first-order chi connectivity index (χ1) is 7.56. The van der Waals surface area contributed by atoms with E-state index in [0.717, 1.165) is 0 Å². The van der Waals surface area contributed by atoms with Crippen molar-refractivity contribution in [1.29, 1.82) is 0 Å². The molecule has 0 bridgehead atoms. The molecular formula is C10H15NO5. The Bertz CT molecular complexity index is 294. The largest absolute Gasteiger partial charge is 0.481 e. The fraction of sp³-hybridized carbons (Fsp3) is 0.700. The minimum atomic E-state index is -0.865. The summed E-state index contributed by atoms with van der Waals surface area (Å²) in [6, 6.07) is 0. The zero-order valence-electron chi connectivity index (χ0n) is 9.14. The van der Waals surface area contributed by atoms with Crippen LogP contribution in [0, 0.1) is 5.92 Å². The lowest BCUT2D eigenvalue weighted by Gasteiger charge is -2.29. The molecule has 0 unspecified atom stereocenters. The number of hydrogen-bond donors (Lipinski definition) is 1. The van der Waals surface area contributed by atoms with Crippen LogP contribution >= 0.6 is 0 Å². The van der Waals surface area contributed by atoms with Crippen LogP contribution in [-0.4, -0.2) is 47.5 Å². The monoisotopic (exact) mass is 229 g/mol. The number of hydrogen-bond acceptors (Lipinski definition) is 4. The second-order valence-electron chi connectivity index (χ2n) is 3.63. The van der Waals surface area contributed by atoms with E-state index in [1.165, 1.54) is 4.90 Å². The predicted molar refractivity (Wildman–Crippen MR) is 53.6 cm³/mol. The summed E-state index contributed by atoms with van der Waals surface area (Å²) in [5, 5.41) is 8.76. The number of likely N-dealkylation sites (tertiary alicyclic amines) is 1. The third kappa shape index (κ3) is 2.95. The molecule has 1 aliphatic rings. The number of carbonyl (C=O) groups excluding carboxylic acids is 2. The van der Waals surface area contributed by atoms with Crippen molar-refractivity contribution in [3.8, 4) is 0 Å². The molecule has 1 amide bonds. The number of ether oxygens (including phenoxy) is 1. The van der Waals surface area contributed by atoms with Gasteiger partial charge < -0.3 is 14.7 Å². The van der Waals surface area contributed by atoms with Gasteiger partial charge in [0, 0.05) is 13.1 Å². The maximum absolute atomic E-state index is 11.5. The number of esters is 1. The third-order valence-corrected chi connectivity index (χ3v) is 2.58. The lowest BCUT2D eigenvalue weighted by Crippen LogP contribution is -2.44. The van der Waals surface area contributed by atoms with E-state index in [4.69, 9.17) is 5.11 Å². The van der Waals surface area contributed by atoms with E-state index in [-0.39, 0.29) is 6.61 Å². The lowest BCUT2D eigenvalue weighted by atomic mass is 9.97. The standard InChI is InChI=1S/C10H15NO5/c1-2-16-10(15)8(12)11-5-3-7(4-6-11)9(13)14/h7H,2-6H2,1H3,(H,13,14). The smallest absolute Gasteiger partial charge is 0.397 e. The number of amides is 1. The first-order valence-corrected chi connectivity index (χ1v) is 5.25. The van der Waals surface area contributed by atoms with Crippen molar-refractivity contribution in [2.45, 2.75) is 19.8 Å². The van der Waals surface area contributed by atoms with Gasteiger partial charge in [0.25, 0.3) is 0 Å². The molecule has 0 aromatic heterocycles. The Hall–Kier alpha value is -1.59. The van der Waals surface area contributed by atoms with Crippen molar-refractivity contribution in [3.05, 3.63) is 0 Å². The van der Waals surface area contributed by atoms with Crippen molar-refractivity contribution < 1.29 is 24.2 Å². The number of nitrogens with zero attached hydrogens (tertiary/aromatic N) is 1. The maximum Gasteiger partial charge on any atom is 0.397 e. The number of rotatable bonds is 2. The van der Waals surface area contributed by atoms with E-state index in [1.54, 1.807) is 6.92 Å². The molecule has 0 radical (unpaired) electrons. The Morgan fingerprint density at radius 2 is 1.88 bits per heavy atom. The number of piperidine rings is 1. The molecule has 16 heavy (non-hydrogen) atoms. The van der Waals surface area contributed by atoms with Gasteiger partial charge in [0.05, 0.1) is 12.5 Å². The fourth-order valence-corrected chi connectivity index (χ4v) is 1.65. The van der Waals surface area contributed by atoms with Gasteiger partial charge in [0.1, 0.15) is 0 Å². The van der Waals surface area contributed by atoms with Crippen LogP contribution in [0.4, 0.5) is 0 Å². The third-order valence-electron chi connectivity index (χ3n) is 2.58. The van der Waals surface area contributed by atoms with Gasteiger partial charge in [-0.15, -0.1) is 0 Å². The highest BCUT2D eigenvalue weighted by Crippen LogP contribution is 2.17. The van der Waals surface area contributed by atoms with Crippen LogP contribution < -0.4 is 0 Å². The molecule has 6 nitrogen and oxygen atoms in total. The molecule has 6 heteroatoms. The zero-order valence-corrected chi connectivity index (χ0v) is 9.14. The maximum atomic E-state index is 11.5. The molecule has 0 saturated carbocycles. The number of carbonyl (C=O) groups is 3. The van der Waals surface area contributed by atoms with Crippen LogP contribution in [0.5, 0.6) is 0 Å². The molecule has 1 N–H and O–H groups in total. The molecule has 1 heterocycles. The lowest BCUT2D eigenvalue weighted by molar-refractivity contribution is -0.161. The van der Waals surface area contributed by atoms with Crippen LogP contribution in [-0.2, 0) is 19.1 Å². The van der Waals surface area contributed by atoms with Gasteiger partial charge in [-0.05, 0) is 19.8 Å². The van der Waals surface area contributed by atoms with Crippen molar-refractivity contribution in [1.82, 2.24) is 4.90 Å². The molecule has 90 valence electrons. The highest BCUT2D eigenvalue weighted by atomic mass is 16.5. The molecule has 1 fully saturated rings. The highest BCUT2D eigenvalue weighted by Gasteiger charge is 2.30. The molecule has 1 aliphatic heterocycles. The van der Waals surface area contributed by atoms with Gasteiger partial charge in [-0.2, -0.15) is 0 Å². The van der Waals surface area contributed by atoms with E-state index >= 15 is 0 Å². The highest BCUT2D eigenvalue weighted by molar-refractivity contribution is 6.32.